The van der Waals surface area contributed by atoms with Gasteiger partial charge in [0.05, 0.1) is 4.90 Å². The summed E-state index contributed by atoms with van der Waals surface area (Å²) < 4.78 is 28.0. The standard InChI is InChI=1S/C24H28N2O3S/c1-17-10-18(2)16-26(15-17)30(28,29)23-9-8-20-11-22(12-21(20)13-23)24(27)25-14-19-6-4-3-5-7-19/h3-9,12-13,17-18H,10-11,14-16H2,1-2H3,(H,25,27). The van der Waals surface area contributed by atoms with Gasteiger partial charge in [-0.15, -0.1) is 0 Å². The number of rotatable bonds is 5. The number of piperidine rings is 1. The number of hydrogen-bond donors (Lipinski definition) is 1. The van der Waals surface area contributed by atoms with Crippen molar-refractivity contribution in [1.82, 2.24) is 9.62 Å². The summed E-state index contributed by atoms with van der Waals surface area (Å²) in [6.45, 7) is 5.80. The van der Waals surface area contributed by atoms with Crippen molar-refractivity contribution >= 4 is 22.0 Å². The Morgan fingerprint density at radius 1 is 1.07 bits per heavy atom. The predicted octanol–water partition coefficient (Wildman–Crippen LogP) is 3.61. The maximum absolute atomic E-state index is 13.2. The first kappa shape index (κ1) is 20.8. The summed E-state index contributed by atoms with van der Waals surface area (Å²) in [5, 5.41) is 2.95. The number of fused-ring (bicyclic) bond motifs is 1. The summed E-state index contributed by atoms with van der Waals surface area (Å²) in [6, 6.07) is 15.0. The Labute approximate surface area is 178 Å². The molecular weight excluding hydrogens is 396 g/mol. The van der Waals surface area contributed by atoms with Crippen molar-refractivity contribution in [2.45, 2.75) is 38.1 Å². The van der Waals surface area contributed by atoms with Crippen LogP contribution < -0.4 is 5.32 Å². The Bertz CT molecular complexity index is 1070. The molecule has 2 unspecified atom stereocenters. The lowest BCUT2D eigenvalue weighted by Crippen LogP contribution is -2.42. The van der Waals surface area contributed by atoms with Crippen LogP contribution in [0, 0.1) is 11.8 Å². The molecule has 0 spiro atoms. The number of carbonyl (C=O) groups excluding carboxylic acids is 1. The molecule has 1 amide bonds. The number of amides is 1. The maximum atomic E-state index is 13.2. The van der Waals surface area contributed by atoms with Crippen LogP contribution in [0.4, 0.5) is 0 Å². The van der Waals surface area contributed by atoms with Crippen LogP contribution in [-0.4, -0.2) is 31.7 Å². The highest BCUT2D eigenvalue weighted by Gasteiger charge is 2.32. The Kier molecular flexibility index (Phi) is 5.80. The first-order valence-corrected chi connectivity index (χ1v) is 11.9. The van der Waals surface area contributed by atoms with Crippen LogP contribution in [0.5, 0.6) is 0 Å². The highest BCUT2D eigenvalue weighted by molar-refractivity contribution is 7.89. The van der Waals surface area contributed by atoms with Crippen LogP contribution in [-0.2, 0) is 27.8 Å². The monoisotopic (exact) mass is 424 g/mol. The summed E-state index contributed by atoms with van der Waals surface area (Å²) in [4.78, 5) is 12.9. The topological polar surface area (TPSA) is 66.5 Å². The molecule has 2 aromatic rings. The van der Waals surface area contributed by atoms with Gasteiger partial charge in [-0.2, -0.15) is 4.31 Å². The highest BCUT2D eigenvalue weighted by Crippen LogP contribution is 2.31. The van der Waals surface area contributed by atoms with Gasteiger partial charge in [0.1, 0.15) is 0 Å². The minimum atomic E-state index is -3.53. The van der Waals surface area contributed by atoms with E-state index in [9.17, 15) is 13.2 Å². The fourth-order valence-corrected chi connectivity index (χ4v) is 6.18. The van der Waals surface area contributed by atoms with Crippen molar-refractivity contribution in [2.75, 3.05) is 13.1 Å². The average molecular weight is 425 g/mol. The van der Waals surface area contributed by atoms with Crippen molar-refractivity contribution in [3.8, 4) is 0 Å². The molecule has 2 atom stereocenters. The second kappa shape index (κ2) is 8.36. The van der Waals surface area contributed by atoms with Gasteiger partial charge in [-0.1, -0.05) is 50.2 Å². The third-order valence-corrected chi connectivity index (χ3v) is 7.72. The van der Waals surface area contributed by atoms with E-state index in [1.54, 1.807) is 16.4 Å². The van der Waals surface area contributed by atoms with Gasteiger partial charge in [0.15, 0.2) is 0 Å². The van der Waals surface area contributed by atoms with Crippen molar-refractivity contribution in [3.05, 3.63) is 70.8 Å². The molecular formula is C24H28N2O3S. The van der Waals surface area contributed by atoms with Gasteiger partial charge < -0.3 is 5.32 Å². The number of sulfonamides is 1. The van der Waals surface area contributed by atoms with E-state index in [0.717, 1.165) is 23.1 Å². The lowest BCUT2D eigenvalue weighted by molar-refractivity contribution is -0.117. The molecule has 6 heteroatoms. The zero-order valence-corrected chi connectivity index (χ0v) is 18.3. The molecule has 158 valence electrons. The number of nitrogens with zero attached hydrogens (tertiary/aromatic N) is 1. The third-order valence-electron chi connectivity index (χ3n) is 5.89. The predicted molar refractivity (Wildman–Crippen MR) is 118 cm³/mol. The van der Waals surface area contributed by atoms with E-state index in [1.165, 1.54) is 0 Å². The van der Waals surface area contributed by atoms with Gasteiger partial charge in [0, 0.05) is 31.6 Å². The summed E-state index contributed by atoms with van der Waals surface area (Å²) in [6.07, 6.45) is 3.39. The minimum Gasteiger partial charge on any atom is -0.348 e. The van der Waals surface area contributed by atoms with E-state index >= 15 is 0 Å². The summed E-state index contributed by atoms with van der Waals surface area (Å²) >= 11 is 0. The zero-order chi connectivity index (χ0) is 21.3. The normalized spacial score (nSPS) is 21.7. The molecule has 30 heavy (non-hydrogen) atoms. The van der Waals surface area contributed by atoms with Crippen molar-refractivity contribution in [3.63, 3.8) is 0 Å². The number of carbonyl (C=O) groups is 1. The largest absolute Gasteiger partial charge is 0.348 e. The molecule has 1 fully saturated rings. The molecule has 2 aromatic carbocycles. The van der Waals surface area contributed by atoms with Crippen LogP contribution in [0.1, 0.15) is 37.0 Å². The molecule has 1 aliphatic heterocycles. The van der Waals surface area contributed by atoms with Crippen molar-refractivity contribution < 1.29 is 13.2 Å². The lowest BCUT2D eigenvalue weighted by Gasteiger charge is -2.34. The van der Waals surface area contributed by atoms with Crippen LogP contribution >= 0.6 is 0 Å². The fourth-order valence-electron chi connectivity index (χ4n) is 4.46. The Morgan fingerprint density at radius 2 is 1.77 bits per heavy atom. The van der Waals surface area contributed by atoms with E-state index < -0.39 is 10.0 Å². The molecule has 1 N–H and O–H groups in total. The first-order chi connectivity index (χ1) is 14.3. The Balaban J connectivity index is 1.49. The van der Waals surface area contributed by atoms with Gasteiger partial charge in [-0.05, 0) is 53.2 Å². The second-order valence-electron chi connectivity index (χ2n) is 8.64. The molecule has 0 radical (unpaired) electrons. The molecule has 0 bridgehead atoms. The van der Waals surface area contributed by atoms with E-state index in [-0.39, 0.29) is 5.91 Å². The van der Waals surface area contributed by atoms with Crippen LogP contribution in [0.25, 0.3) is 6.08 Å². The van der Waals surface area contributed by atoms with Gasteiger partial charge in [0.25, 0.3) is 0 Å². The van der Waals surface area contributed by atoms with Crippen LogP contribution in [0.3, 0.4) is 0 Å². The van der Waals surface area contributed by atoms with Gasteiger partial charge in [0.2, 0.25) is 15.9 Å². The number of hydrogen-bond acceptors (Lipinski definition) is 3. The van der Waals surface area contributed by atoms with E-state index in [2.05, 4.69) is 19.2 Å². The van der Waals surface area contributed by atoms with Crippen LogP contribution in [0.15, 0.2) is 59.0 Å². The van der Waals surface area contributed by atoms with E-state index in [0.29, 0.717) is 48.4 Å². The van der Waals surface area contributed by atoms with Gasteiger partial charge in [-0.3, -0.25) is 4.79 Å². The number of benzene rings is 2. The maximum Gasteiger partial charge on any atom is 0.247 e. The van der Waals surface area contributed by atoms with E-state index in [4.69, 9.17) is 0 Å². The fraction of sp³-hybridized carbons (Fsp3) is 0.375. The summed E-state index contributed by atoms with van der Waals surface area (Å²) in [5.74, 6) is 0.605. The lowest BCUT2D eigenvalue weighted by atomic mass is 9.94. The SMILES string of the molecule is CC1CC(C)CN(S(=O)(=O)c2ccc3c(c2)C=C(C(=O)NCc2ccccc2)C3)C1. The van der Waals surface area contributed by atoms with E-state index in [1.807, 2.05) is 42.5 Å². The molecule has 1 saturated heterocycles. The third kappa shape index (κ3) is 4.35. The first-order valence-electron chi connectivity index (χ1n) is 10.5. The number of nitrogens with one attached hydrogen (secondary N) is 1. The Hall–Kier alpha value is -2.44. The minimum absolute atomic E-state index is 0.113. The molecule has 4 rings (SSSR count). The van der Waals surface area contributed by atoms with Gasteiger partial charge in [-0.25, -0.2) is 8.42 Å². The average Bonchev–Trinajstić information content (AvgIpc) is 3.15. The highest BCUT2D eigenvalue weighted by atomic mass is 32.2. The molecule has 1 heterocycles. The summed E-state index contributed by atoms with van der Waals surface area (Å²) in [7, 11) is -3.53. The molecule has 5 nitrogen and oxygen atoms in total. The molecule has 1 aliphatic carbocycles. The van der Waals surface area contributed by atoms with Crippen LogP contribution in [0.2, 0.25) is 0 Å². The molecule has 2 aliphatic rings. The van der Waals surface area contributed by atoms with Crippen molar-refractivity contribution in [2.24, 2.45) is 11.8 Å². The Morgan fingerprint density at radius 3 is 2.47 bits per heavy atom. The smallest absolute Gasteiger partial charge is 0.247 e. The quantitative estimate of drug-likeness (QED) is 0.797. The zero-order valence-electron chi connectivity index (χ0n) is 17.5. The van der Waals surface area contributed by atoms with Crippen molar-refractivity contribution in [1.29, 1.82) is 0 Å². The second-order valence-corrected chi connectivity index (χ2v) is 10.6. The van der Waals surface area contributed by atoms with Gasteiger partial charge >= 0.3 is 0 Å². The molecule has 0 saturated carbocycles. The summed E-state index contributed by atoms with van der Waals surface area (Å²) in [5.41, 5.74) is 3.51. The molecule has 0 aromatic heterocycles.